The maximum Gasteiger partial charge on any atom is 0.246 e. The predicted molar refractivity (Wildman–Crippen MR) is 100 cm³/mol. The minimum atomic E-state index is -3.06. The van der Waals surface area contributed by atoms with Crippen molar-refractivity contribution in [2.45, 2.75) is 13.3 Å². The van der Waals surface area contributed by atoms with Gasteiger partial charge in [0.2, 0.25) is 11.8 Å². The standard InChI is InChI=1S/C19H24N2O4S/c1-15(16-5-3-2-4-6-16)13-18(22)20-8-10-21(11-9-20)19(23)17-7-12-26(24,25)14-17/h2-6,13,17H,7-12,14H2,1H3. The summed E-state index contributed by atoms with van der Waals surface area (Å²) in [5.41, 5.74) is 1.92. The third-order valence-corrected chi connectivity index (χ3v) is 6.82. The van der Waals surface area contributed by atoms with Gasteiger partial charge in [-0.15, -0.1) is 0 Å². The normalized spacial score (nSPS) is 23.1. The fourth-order valence-electron chi connectivity index (χ4n) is 3.46. The highest BCUT2D eigenvalue weighted by atomic mass is 32.2. The second kappa shape index (κ2) is 7.61. The second-order valence-electron chi connectivity index (χ2n) is 6.94. The number of nitrogens with zero attached hydrogens (tertiary/aromatic N) is 2. The molecule has 2 amide bonds. The van der Waals surface area contributed by atoms with Crippen LogP contribution in [-0.4, -0.2) is 67.7 Å². The number of carbonyl (C=O) groups excluding carboxylic acids is 2. The lowest BCUT2D eigenvalue weighted by Crippen LogP contribution is -2.51. The van der Waals surface area contributed by atoms with Gasteiger partial charge >= 0.3 is 0 Å². The van der Waals surface area contributed by atoms with Crippen molar-refractivity contribution in [3.8, 4) is 0 Å². The first-order chi connectivity index (χ1) is 12.4. The molecule has 0 aromatic heterocycles. The van der Waals surface area contributed by atoms with E-state index in [9.17, 15) is 18.0 Å². The van der Waals surface area contributed by atoms with Gasteiger partial charge in [-0.05, 0) is 24.5 Å². The Morgan fingerprint density at radius 3 is 2.23 bits per heavy atom. The molecule has 26 heavy (non-hydrogen) atoms. The number of sulfone groups is 1. The van der Waals surface area contributed by atoms with Gasteiger partial charge in [0.15, 0.2) is 9.84 Å². The molecule has 2 aliphatic heterocycles. The van der Waals surface area contributed by atoms with Crippen molar-refractivity contribution in [3.63, 3.8) is 0 Å². The Kier molecular flexibility index (Phi) is 5.46. The highest BCUT2D eigenvalue weighted by Crippen LogP contribution is 2.21. The average Bonchev–Trinajstić information content (AvgIpc) is 3.01. The minimum Gasteiger partial charge on any atom is -0.339 e. The van der Waals surface area contributed by atoms with Crippen LogP contribution in [-0.2, 0) is 19.4 Å². The van der Waals surface area contributed by atoms with E-state index in [1.807, 2.05) is 37.3 Å². The van der Waals surface area contributed by atoms with Crippen molar-refractivity contribution in [1.29, 1.82) is 0 Å². The van der Waals surface area contributed by atoms with Gasteiger partial charge in [0.1, 0.15) is 0 Å². The van der Waals surface area contributed by atoms with Crippen molar-refractivity contribution in [2.24, 2.45) is 5.92 Å². The summed E-state index contributed by atoms with van der Waals surface area (Å²) in [6.45, 7) is 3.78. The van der Waals surface area contributed by atoms with E-state index in [0.29, 0.717) is 32.6 Å². The van der Waals surface area contributed by atoms with Gasteiger partial charge in [-0.2, -0.15) is 0 Å². The molecule has 2 fully saturated rings. The smallest absolute Gasteiger partial charge is 0.246 e. The Morgan fingerprint density at radius 2 is 1.65 bits per heavy atom. The van der Waals surface area contributed by atoms with Gasteiger partial charge in [0, 0.05) is 32.3 Å². The van der Waals surface area contributed by atoms with Crippen LogP contribution in [0.2, 0.25) is 0 Å². The average molecular weight is 376 g/mol. The lowest BCUT2D eigenvalue weighted by atomic mass is 10.1. The molecule has 140 valence electrons. The Labute approximate surface area is 154 Å². The predicted octanol–water partition coefficient (Wildman–Crippen LogP) is 1.20. The summed E-state index contributed by atoms with van der Waals surface area (Å²) in [6, 6.07) is 9.73. The SMILES string of the molecule is CC(=CC(=O)N1CCN(C(=O)C2CCS(=O)(=O)C2)CC1)c1ccccc1. The highest BCUT2D eigenvalue weighted by Gasteiger charge is 2.36. The van der Waals surface area contributed by atoms with Crippen LogP contribution in [0.5, 0.6) is 0 Å². The molecule has 6 nitrogen and oxygen atoms in total. The third-order valence-electron chi connectivity index (χ3n) is 5.05. The maximum atomic E-state index is 12.5. The first-order valence-corrected chi connectivity index (χ1v) is 10.7. The van der Waals surface area contributed by atoms with Crippen LogP contribution in [0.15, 0.2) is 36.4 Å². The van der Waals surface area contributed by atoms with E-state index in [-0.39, 0.29) is 23.3 Å². The van der Waals surface area contributed by atoms with Gasteiger partial charge < -0.3 is 9.80 Å². The lowest BCUT2D eigenvalue weighted by molar-refractivity contribution is -0.139. The lowest BCUT2D eigenvalue weighted by Gasteiger charge is -2.35. The first-order valence-electron chi connectivity index (χ1n) is 8.87. The fourth-order valence-corrected chi connectivity index (χ4v) is 5.19. The van der Waals surface area contributed by atoms with Crippen molar-refractivity contribution in [1.82, 2.24) is 9.80 Å². The minimum absolute atomic E-state index is 0.0377. The number of carbonyl (C=O) groups is 2. The van der Waals surface area contributed by atoms with Crippen LogP contribution in [0, 0.1) is 5.92 Å². The van der Waals surface area contributed by atoms with Crippen molar-refractivity contribution >= 4 is 27.2 Å². The number of hydrogen-bond acceptors (Lipinski definition) is 4. The molecular formula is C19H24N2O4S. The zero-order chi connectivity index (χ0) is 18.7. The van der Waals surface area contributed by atoms with E-state index < -0.39 is 15.8 Å². The second-order valence-corrected chi connectivity index (χ2v) is 9.17. The van der Waals surface area contributed by atoms with Crippen LogP contribution >= 0.6 is 0 Å². The zero-order valence-corrected chi connectivity index (χ0v) is 15.7. The summed E-state index contributed by atoms with van der Waals surface area (Å²) in [5, 5.41) is 0. The van der Waals surface area contributed by atoms with Crippen molar-refractivity contribution < 1.29 is 18.0 Å². The quantitative estimate of drug-likeness (QED) is 0.743. The highest BCUT2D eigenvalue weighted by molar-refractivity contribution is 7.91. The van der Waals surface area contributed by atoms with Crippen LogP contribution in [0.25, 0.3) is 5.57 Å². The Balaban J connectivity index is 1.55. The number of allylic oxidation sites excluding steroid dienone is 1. The van der Waals surface area contributed by atoms with E-state index in [2.05, 4.69) is 0 Å². The largest absolute Gasteiger partial charge is 0.339 e. The third kappa shape index (κ3) is 4.33. The molecule has 2 aliphatic rings. The van der Waals surface area contributed by atoms with Crippen LogP contribution < -0.4 is 0 Å². The van der Waals surface area contributed by atoms with Crippen LogP contribution in [0.3, 0.4) is 0 Å². The van der Waals surface area contributed by atoms with Gasteiger partial charge in [0.25, 0.3) is 0 Å². The summed E-state index contributed by atoms with van der Waals surface area (Å²) in [4.78, 5) is 28.4. The number of benzene rings is 1. The first kappa shape index (κ1) is 18.6. The zero-order valence-electron chi connectivity index (χ0n) is 14.9. The van der Waals surface area contributed by atoms with Crippen molar-refractivity contribution in [2.75, 3.05) is 37.7 Å². The van der Waals surface area contributed by atoms with E-state index in [4.69, 9.17) is 0 Å². The molecule has 1 aromatic rings. The van der Waals surface area contributed by atoms with Gasteiger partial charge in [0.05, 0.1) is 17.4 Å². The number of piperazine rings is 1. The van der Waals surface area contributed by atoms with Crippen LogP contribution in [0.1, 0.15) is 18.9 Å². The van der Waals surface area contributed by atoms with E-state index in [0.717, 1.165) is 11.1 Å². The Bertz CT molecular complexity index is 809. The van der Waals surface area contributed by atoms with Gasteiger partial charge in [-0.25, -0.2) is 8.42 Å². The molecule has 2 heterocycles. The molecule has 0 saturated carbocycles. The number of hydrogen-bond donors (Lipinski definition) is 0. The molecule has 0 bridgehead atoms. The molecule has 0 aliphatic carbocycles. The Hall–Kier alpha value is -2.15. The molecule has 3 rings (SSSR count). The molecule has 0 radical (unpaired) electrons. The molecule has 1 aromatic carbocycles. The van der Waals surface area contributed by atoms with Gasteiger partial charge in [-0.3, -0.25) is 9.59 Å². The van der Waals surface area contributed by atoms with Crippen LogP contribution in [0.4, 0.5) is 0 Å². The topological polar surface area (TPSA) is 74.8 Å². The fraction of sp³-hybridized carbons (Fsp3) is 0.474. The summed E-state index contributed by atoms with van der Waals surface area (Å²) < 4.78 is 23.1. The molecule has 0 spiro atoms. The van der Waals surface area contributed by atoms with E-state index in [1.54, 1.807) is 15.9 Å². The molecule has 1 atom stereocenters. The van der Waals surface area contributed by atoms with Gasteiger partial charge in [-0.1, -0.05) is 30.3 Å². The maximum absolute atomic E-state index is 12.5. The molecular weight excluding hydrogens is 352 g/mol. The Morgan fingerprint density at radius 1 is 1.04 bits per heavy atom. The number of rotatable bonds is 3. The molecule has 1 unspecified atom stereocenters. The van der Waals surface area contributed by atoms with E-state index >= 15 is 0 Å². The monoisotopic (exact) mass is 376 g/mol. The summed E-state index contributed by atoms with van der Waals surface area (Å²) >= 11 is 0. The summed E-state index contributed by atoms with van der Waals surface area (Å²) in [7, 11) is -3.06. The number of amides is 2. The van der Waals surface area contributed by atoms with E-state index in [1.165, 1.54) is 0 Å². The summed E-state index contributed by atoms with van der Waals surface area (Å²) in [5.74, 6) is -0.492. The summed E-state index contributed by atoms with van der Waals surface area (Å²) in [6.07, 6.45) is 2.05. The molecule has 2 saturated heterocycles. The van der Waals surface area contributed by atoms with Crippen molar-refractivity contribution in [3.05, 3.63) is 42.0 Å². The molecule has 0 N–H and O–H groups in total. The molecule has 7 heteroatoms.